The smallest absolute Gasteiger partial charge is 0.142 e. The van der Waals surface area contributed by atoms with Crippen molar-refractivity contribution in [2.24, 2.45) is 5.73 Å². The second kappa shape index (κ2) is 6.54. The molecule has 0 spiro atoms. The van der Waals surface area contributed by atoms with E-state index in [4.69, 9.17) is 22.7 Å². The van der Waals surface area contributed by atoms with Crippen LogP contribution in [0, 0.1) is 5.82 Å². The normalized spacial score (nSPS) is 10.2. The minimum atomic E-state index is -0.397. The third kappa shape index (κ3) is 3.49. The average molecular weight is 304 g/mol. The number of rotatable bonds is 5. The van der Waals surface area contributed by atoms with Gasteiger partial charge in [-0.05, 0) is 29.8 Å². The lowest BCUT2D eigenvalue weighted by molar-refractivity contribution is 0.415. The van der Waals surface area contributed by atoms with Gasteiger partial charge in [0.1, 0.15) is 16.6 Å². The first kappa shape index (κ1) is 15.3. The molecular formula is C16H17FN2OS. The van der Waals surface area contributed by atoms with Gasteiger partial charge in [0.25, 0.3) is 0 Å². The maximum atomic E-state index is 13.6. The van der Waals surface area contributed by atoms with Gasteiger partial charge >= 0.3 is 0 Å². The van der Waals surface area contributed by atoms with Crippen LogP contribution >= 0.6 is 12.2 Å². The second-order valence-electron chi connectivity index (χ2n) is 4.71. The van der Waals surface area contributed by atoms with Gasteiger partial charge in [0.05, 0.1) is 12.8 Å². The summed E-state index contributed by atoms with van der Waals surface area (Å²) < 4.78 is 18.9. The van der Waals surface area contributed by atoms with E-state index in [2.05, 4.69) is 0 Å². The van der Waals surface area contributed by atoms with Crippen molar-refractivity contribution >= 4 is 22.9 Å². The molecule has 0 heterocycles. The van der Waals surface area contributed by atoms with Crippen molar-refractivity contribution < 1.29 is 9.13 Å². The fourth-order valence-corrected chi connectivity index (χ4v) is 2.32. The van der Waals surface area contributed by atoms with Gasteiger partial charge < -0.3 is 15.4 Å². The Kier molecular flexibility index (Phi) is 4.75. The van der Waals surface area contributed by atoms with Crippen molar-refractivity contribution in [1.82, 2.24) is 0 Å². The molecule has 5 heteroatoms. The highest BCUT2D eigenvalue weighted by atomic mass is 32.1. The molecule has 2 N–H and O–H groups in total. The molecule has 0 unspecified atom stereocenters. The number of thiocarbonyl (C=S) groups is 1. The summed E-state index contributed by atoms with van der Waals surface area (Å²) in [4.78, 5) is 2.09. The molecule has 0 radical (unpaired) electrons. The number of nitrogens with zero attached hydrogens (tertiary/aromatic N) is 1. The molecule has 2 aromatic carbocycles. The molecule has 0 bridgehead atoms. The zero-order valence-corrected chi connectivity index (χ0v) is 12.8. The first-order valence-corrected chi connectivity index (χ1v) is 6.86. The highest BCUT2D eigenvalue weighted by Crippen LogP contribution is 2.27. The number of hydrogen-bond acceptors (Lipinski definition) is 3. The number of methoxy groups -OCH3 is 1. The van der Waals surface area contributed by atoms with Gasteiger partial charge in [0.2, 0.25) is 0 Å². The summed E-state index contributed by atoms with van der Waals surface area (Å²) in [6, 6.07) is 12.5. The van der Waals surface area contributed by atoms with E-state index in [0.717, 1.165) is 17.0 Å². The molecule has 110 valence electrons. The van der Waals surface area contributed by atoms with Crippen LogP contribution in [0.5, 0.6) is 5.75 Å². The highest BCUT2D eigenvalue weighted by molar-refractivity contribution is 7.80. The van der Waals surface area contributed by atoms with Crippen molar-refractivity contribution in [2.75, 3.05) is 19.1 Å². The standard InChI is InChI=1S/C16H17FN2OS/c1-19(14-5-3-4-6-15(14)20-2)10-11-7-8-13(17)12(9-11)16(18)21/h3-9H,10H2,1-2H3,(H2,18,21). The Morgan fingerprint density at radius 1 is 1.29 bits per heavy atom. The molecule has 0 atom stereocenters. The summed E-state index contributed by atoms with van der Waals surface area (Å²) in [5, 5.41) is 0. The third-order valence-corrected chi connectivity index (χ3v) is 3.43. The van der Waals surface area contributed by atoms with E-state index in [9.17, 15) is 4.39 Å². The minimum absolute atomic E-state index is 0.0642. The molecule has 0 aliphatic carbocycles. The van der Waals surface area contributed by atoms with Crippen LogP contribution in [0.3, 0.4) is 0 Å². The molecule has 0 saturated carbocycles. The molecule has 0 aliphatic rings. The van der Waals surface area contributed by atoms with Crippen LogP contribution in [0.25, 0.3) is 0 Å². The van der Waals surface area contributed by atoms with Gasteiger partial charge in [0, 0.05) is 19.2 Å². The fourth-order valence-electron chi connectivity index (χ4n) is 2.16. The van der Waals surface area contributed by atoms with Gasteiger partial charge in [-0.3, -0.25) is 0 Å². The molecule has 0 fully saturated rings. The van der Waals surface area contributed by atoms with Crippen molar-refractivity contribution in [3.8, 4) is 5.75 Å². The zero-order chi connectivity index (χ0) is 15.4. The van der Waals surface area contributed by atoms with E-state index in [1.807, 2.05) is 36.2 Å². The predicted octanol–water partition coefficient (Wildman–Crippen LogP) is 3.10. The van der Waals surface area contributed by atoms with Crippen molar-refractivity contribution in [2.45, 2.75) is 6.54 Å². The quantitative estimate of drug-likeness (QED) is 0.862. The van der Waals surface area contributed by atoms with E-state index in [0.29, 0.717) is 6.54 Å². The van der Waals surface area contributed by atoms with Gasteiger partial charge in [0.15, 0.2) is 0 Å². The first-order chi connectivity index (χ1) is 10.0. The largest absolute Gasteiger partial charge is 0.495 e. The molecule has 3 nitrogen and oxygen atoms in total. The van der Waals surface area contributed by atoms with Gasteiger partial charge in [-0.15, -0.1) is 0 Å². The first-order valence-electron chi connectivity index (χ1n) is 6.45. The van der Waals surface area contributed by atoms with E-state index in [1.54, 1.807) is 19.2 Å². The molecule has 21 heavy (non-hydrogen) atoms. The van der Waals surface area contributed by atoms with Crippen LogP contribution < -0.4 is 15.4 Å². The average Bonchev–Trinajstić information content (AvgIpc) is 2.48. The van der Waals surface area contributed by atoms with E-state index in [-0.39, 0.29) is 10.6 Å². The number of benzene rings is 2. The lowest BCUT2D eigenvalue weighted by Crippen LogP contribution is -2.18. The van der Waals surface area contributed by atoms with E-state index in [1.165, 1.54) is 6.07 Å². The Bertz CT molecular complexity index is 660. The topological polar surface area (TPSA) is 38.5 Å². The van der Waals surface area contributed by atoms with Crippen LogP contribution in [-0.2, 0) is 6.54 Å². The Morgan fingerprint density at radius 3 is 2.67 bits per heavy atom. The highest BCUT2D eigenvalue weighted by Gasteiger charge is 2.10. The molecular weight excluding hydrogens is 287 g/mol. The number of halogens is 1. The van der Waals surface area contributed by atoms with E-state index >= 15 is 0 Å². The Labute approximate surface area is 129 Å². The summed E-state index contributed by atoms with van der Waals surface area (Å²) in [5.74, 6) is 0.392. The van der Waals surface area contributed by atoms with Gasteiger partial charge in [-0.25, -0.2) is 4.39 Å². The molecule has 0 aliphatic heterocycles. The van der Waals surface area contributed by atoms with Crippen molar-refractivity contribution in [3.63, 3.8) is 0 Å². The maximum absolute atomic E-state index is 13.6. The number of ether oxygens (including phenoxy) is 1. The number of para-hydroxylation sites is 2. The molecule has 2 rings (SSSR count). The van der Waals surface area contributed by atoms with Crippen molar-refractivity contribution in [1.29, 1.82) is 0 Å². The molecule has 2 aromatic rings. The SMILES string of the molecule is COc1ccccc1N(C)Cc1ccc(F)c(C(N)=S)c1. The summed E-state index contributed by atoms with van der Waals surface area (Å²) in [6.45, 7) is 0.594. The molecule has 0 amide bonds. The second-order valence-corrected chi connectivity index (χ2v) is 5.15. The van der Waals surface area contributed by atoms with Crippen LogP contribution in [0.1, 0.15) is 11.1 Å². The van der Waals surface area contributed by atoms with Gasteiger partial charge in [-0.1, -0.05) is 30.4 Å². The maximum Gasteiger partial charge on any atom is 0.142 e. The third-order valence-electron chi connectivity index (χ3n) is 3.21. The van der Waals surface area contributed by atoms with E-state index < -0.39 is 5.82 Å². The van der Waals surface area contributed by atoms with Crippen LogP contribution in [0.4, 0.5) is 10.1 Å². The Hall–Kier alpha value is -2.14. The molecule has 0 saturated heterocycles. The Balaban J connectivity index is 2.25. The molecule has 0 aromatic heterocycles. The summed E-state index contributed by atoms with van der Waals surface area (Å²) >= 11 is 4.86. The van der Waals surface area contributed by atoms with Crippen LogP contribution in [0.2, 0.25) is 0 Å². The van der Waals surface area contributed by atoms with Crippen molar-refractivity contribution in [3.05, 3.63) is 59.4 Å². The Morgan fingerprint density at radius 2 is 2.00 bits per heavy atom. The minimum Gasteiger partial charge on any atom is -0.495 e. The van der Waals surface area contributed by atoms with Gasteiger partial charge in [-0.2, -0.15) is 0 Å². The summed E-state index contributed by atoms with van der Waals surface area (Å²) in [5.41, 5.74) is 7.69. The lowest BCUT2D eigenvalue weighted by atomic mass is 10.1. The number of anilines is 1. The zero-order valence-electron chi connectivity index (χ0n) is 12.0. The fraction of sp³-hybridized carbons (Fsp3) is 0.188. The summed E-state index contributed by atoms with van der Waals surface area (Å²) in [6.07, 6.45) is 0. The monoisotopic (exact) mass is 304 g/mol. The number of hydrogen-bond donors (Lipinski definition) is 1. The van der Waals surface area contributed by atoms with Crippen LogP contribution in [0.15, 0.2) is 42.5 Å². The summed E-state index contributed by atoms with van der Waals surface area (Å²) in [7, 11) is 3.58. The lowest BCUT2D eigenvalue weighted by Gasteiger charge is -2.22. The number of nitrogens with two attached hydrogens (primary N) is 1. The predicted molar refractivity (Wildman–Crippen MR) is 87.4 cm³/mol. The van der Waals surface area contributed by atoms with Crippen LogP contribution in [-0.4, -0.2) is 19.1 Å².